The third kappa shape index (κ3) is 5.98. The van der Waals surface area contributed by atoms with Crippen molar-refractivity contribution in [2.75, 3.05) is 10.0 Å². The molecule has 28 heavy (non-hydrogen) atoms. The standard InChI is InChI=1S/C17H15F3N2O5S/c18-17(19,20)11-1-3-13(4-2-11)22-28(26,27)14-7-5-12(6-8-14)21-15(23)9-10-16(24)25/h1-8,22H,9-10H2,(H,21,23)(H,24,25)/p-1. The summed E-state index contributed by atoms with van der Waals surface area (Å²) in [7, 11) is -4.06. The molecule has 0 bridgehead atoms. The maximum Gasteiger partial charge on any atom is 0.416 e. The predicted octanol–water partition coefficient (Wildman–Crippen LogP) is 1.97. The Hall–Kier alpha value is -3.08. The molecule has 2 N–H and O–H groups in total. The number of sulfonamides is 1. The van der Waals surface area contributed by atoms with Gasteiger partial charge in [0.1, 0.15) is 0 Å². The van der Waals surface area contributed by atoms with Gasteiger partial charge in [0.05, 0.1) is 10.5 Å². The summed E-state index contributed by atoms with van der Waals surface area (Å²) in [5.74, 6) is -1.95. The van der Waals surface area contributed by atoms with Crippen LogP contribution < -0.4 is 15.1 Å². The van der Waals surface area contributed by atoms with E-state index in [-0.39, 0.29) is 22.7 Å². The van der Waals surface area contributed by atoms with Crippen LogP contribution in [0.1, 0.15) is 18.4 Å². The lowest BCUT2D eigenvalue weighted by molar-refractivity contribution is -0.305. The lowest BCUT2D eigenvalue weighted by Gasteiger charge is -2.11. The lowest BCUT2D eigenvalue weighted by Crippen LogP contribution is -2.24. The van der Waals surface area contributed by atoms with E-state index in [9.17, 15) is 36.3 Å². The van der Waals surface area contributed by atoms with Gasteiger partial charge in [-0.05, 0) is 55.0 Å². The Morgan fingerprint density at radius 1 is 0.893 bits per heavy atom. The van der Waals surface area contributed by atoms with E-state index in [1.165, 1.54) is 24.3 Å². The molecule has 2 rings (SSSR count). The van der Waals surface area contributed by atoms with Gasteiger partial charge in [-0.1, -0.05) is 0 Å². The van der Waals surface area contributed by atoms with E-state index in [4.69, 9.17) is 0 Å². The highest BCUT2D eigenvalue weighted by molar-refractivity contribution is 7.92. The largest absolute Gasteiger partial charge is 0.550 e. The van der Waals surface area contributed by atoms with E-state index in [2.05, 4.69) is 10.0 Å². The summed E-state index contributed by atoms with van der Waals surface area (Å²) in [6.45, 7) is 0. The maximum atomic E-state index is 12.5. The molecule has 0 unspecified atom stereocenters. The summed E-state index contributed by atoms with van der Waals surface area (Å²) in [6, 6.07) is 8.43. The predicted molar refractivity (Wildman–Crippen MR) is 91.6 cm³/mol. The Labute approximate surface area is 158 Å². The molecular formula is C17H14F3N2O5S-. The van der Waals surface area contributed by atoms with Crippen molar-refractivity contribution in [3.8, 4) is 0 Å². The average molecular weight is 415 g/mol. The second-order valence-electron chi connectivity index (χ2n) is 5.63. The Kier molecular flexibility index (Phi) is 6.29. The number of carboxylic acid groups (broad SMARTS) is 1. The zero-order chi connectivity index (χ0) is 20.9. The molecule has 0 aliphatic carbocycles. The number of benzene rings is 2. The fourth-order valence-corrected chi connectivity index (χ4v) is 3.16. The average Bonchev–Trinajstić information content (AvgIpc) is 2.60. The highest BCUT2D eigenvalue weighted by Gasteiger charge is 2.30. The van der Waals surface area contributed by atoms with Crippen molar-refractivity contribution >= 4 is 33.3 Å². The third-order valence-corrected chi connectivity index (χ3v) is 4.87. The normalized spacial score (nSPS) is 11.7. The van der Waals surface area contributed by atoms with Crippen LogP contribution in [0.4, 0.5) is 24.5 Å². The fourth-order valence-electron chi connectivity index (χ4n) is 2.10. The van der Waals surface area contributed by atoms with Crippen LogP contribution in [0.5, 0.6) is 0 Å². The van der Waals surface area contributed by atoms with Gasteiger partial charge in [-0.15, -0.1) is 0 Å². The van der Waals surface area contributed by atoms with E-state index < -0.39 is 40.1 Å². The van der Waals surface area contributed by atoms with Gasteiger partial charge in [-0.2, -0.15) is 13.2 Å². The Morgan fingerprint density at radius 3 is 1.93 bits per heavy atom. The molecule has 0 fully saturated rings. The lowest BCUT2D eigenvalue weighted by atomic mass is 10.2. The van der Waals surface area contributed by atoms with Crippen LogP contribution in [-0.4, -0.2) is 20.3 Å². The molecule has 0 atom stereocenters. The van der Waals surface area contributed by atoms with E-state index >= 15 is 0 Å². The number of carbonyl (C=O) groups is 2. The number of anilines is 2. The van der Waals surface area contributed by atoms with Crippen molar-refractivity contribution in [2.45, 2.75) is 23.9 Å². The molecule has 0 saturated carbocycles. The minimum atomic E-state index is -4.53. The SMILES string of the molecule is O=C([O-])CCC(=O)Nc1ccc(S(=O)(=O)Nc2ccc(C(F)(F)F)cc2)cc1. The molecule has 2 aromatic rings. The number of carbonyl (C=O) groups excluding carboxylic acids is 2. The van der Waals surface area contributed by atoms with Gasteiger partial charge in [0.25, 0.3) is 10.0 Å². The second kappa shape index (κ2) is 8.30. The first-order chi connectivity index (χ1) is 13.0. The van der Waals surface area contributed by atoms with Gasteiger partial charge < -0.3 is 15.2 Å². The Morgan fingerprint density at radius 2 is 1.43 bits per heavy atom. The molecule has 7 nitrogen and oxygen atoms in total. The Bertz CT molecular complexity index is 956. The highest BCUT2D eigenvalue weighted by atomic mass is 32.2. The van der Waals surface area contributed by atoms with Crippen molar-refractivity contribution < 1.29 is 36.3 Å². The summed E-state index contributed by atoms with van der Waals surface area (Å²) in [4.78, 5) is 21.7. The summed E-state index contributed by atoms with van der Waals surface area (Å²) in [5, 5.41) is 12.7. The van der Waals surface area contributed by atoms with Crippen molar-refractivity contribution in [3.63, 3.8) is 0 Å². The van der Waals surface area contributed by atoms with Crippen LogP contribution in [0.25, 0.3) is 0 Å². The highest BCUT2D eigenvalue weighted by Crippen LogP contribution is 2.30. The van der Waals surface area contributed by atoms with Crippen LogP contribution in [0.15, 0.2) is 53.4 Å². The first kappa shape index (κ1) is 21.2. The zero-order valence-corrected chi connectivity index (χ0v) is 14.9. The van der Waals surface area contributed by atoms with Crippen molar-refractivity contribution in [1.82, 2.24) is 0 Å². The monoisotopic (exact) mass is 415 g/mol. The quantitative estimate of drug-likeness (QED) is 0.718. The number of alkyl halides is 3. The molecular weight excluding hydrogens is 401 g/mol. The molecule has 0 radical (unpaired) electrons. The topological polar surface area (TPSA) is 115 Å². The van der Waals surface area contributed by atoms with Gasteiger partial charge >= 0.3 is 6.18 Å². The number of hydrogen-bond donors (Lipinski definition) is 2. The molecule has 150 valence electrons. The van der Waals surface area contributed by atoms with Gasteiger partial charge in [-0.25, -0.2) is 8.42 Å². The smallest absolute Gasteiger partial charge is 0.416 e. The number of halogens is 3. The van der Waals surface area contributed by atoms with E-state index in [0.717, 1.165) is 24.3 Å². The molecule has 0 aromatic heterocycles. The van der Waals surface area contributed by atoms with Gasteiger partial charge in [0.15, 0.2) is 0 Å². The molecule has 0 aliphatic heterocycles. The molecule has 0 heterocycles. The van der Waals surface area contributed by atoms with E-state index in [1.54, 1.807) is 0 Å². The van der Waals surface area contributed by atoms with Crippen LogP contribution in [-0.2, 0) is 25.8 Å². The van der Waals surface area contributed by atoms with Crippen molar-refractivity contribution in [3.05, 3.63) is 54.1 Å². The minimum absolute atomic E-state index is 0.0485. The number of rotatable bonds is 7. The summed E-state index contributed by atoms with van der Waals surface area (Å²) < 4.78 is 64.4. The zero-order valence-electron chi connectivity index (χ0n) is 14.1. The first-order valence-corrected chi connectivity index (χ1v) is 9.25. The van der Waals surface area contributed by atoms with Crippen LogP contribution in [0, 0.1) is 0 Å². The first-order valence-electron chi connectivity index (χ1n) is 7.77. The van der Waals surface area contributed by atoms with Gasteiger partial charge in [0, 0.05) is 23.8 Å². The molecule has 2 aromatic carbocycles. The van der Waals surface area contributed by atoms with Crippen LogP contribution >= 0.6 is 0 Å². The van der Waals surface area contributed by atoms with Crippen LogP contribution in [0.2, 0.25) is 0 Å². The Balaban J connectivity index is 2.05. The van der Waals surface area contributed by atoms with E-state index in [1.807, 2.05) is 0 Å². The molecule has 0 saturated heterocycles. The number of aliphatic carboxylic acids is 1. The van der Waals surface area contributed by atoms with Gasteiger partial charge in [-0.3, -0.25) is 9.52 Å². The fraction of sp³-hybridized carbons (Fsp3) is 0.176. The summed E-state index contributed by atoms with van der Waals surface area (Å²) >= 11 is 0. The summed E-state index contributed by atoms with van der Waals surface area (Å²) in [6.07, 6.45) is -5.27. The molecule has 0 spiro atoms. The minimum Gasteiger partial charge on any atom is -0.550 e. The number of nitrogens with one attached hydrogen (secondary N) is 2. The molecule has 0 aliphatic rings. The number of amides is 1. The second-order valence-corrected chi connectivity index (χ2v) is 7.31. The van der Waals surface area contributed by atoms with Crippen LogP contribution in [0.3, 0.4) is 0 Å². The third-order valence-electron chi connectivity index (χ3n) is 3.47. The van der Waals surface area contributed by atoms with Crippen molar-refractivity contribution in [2.24, 2.45) is 0 Å². The van der Waals surface area contributed by atoms with Gasteiger partial charge in [0.2, 0.25) is 5.91 Å². The maximum absolute atomic E-state index is 12.5. The summed E-state index contributed by atoms with van der Waals surface area (Å²) in [5.41, 5.74) is -0.710. The molecule has 11 heteroatoms. The van der Waals surface area contributed by atoms with E-state index in [0.29, 0.717) is 0 Å². The molecule has 1 amide bonds. The number of hydrogen-bond acceptors (Lipinski definition) is 5. The van der Waals surface area contributed by atoms with Crippen molar-refractivity contribution in [1.29, 1.82) is 0 Å². The number of carboxylic acids is 1.